The summed E-state index contributed by atoms with van der Waals surface area (Å²) in [5, 5.41) is 7.40. The molecule has 0 spiro atoms. The molecule has 0 saturated carbocycles. The lowest BCUT2D eigenvalue weighted by atomic mass is 10.1. The second kappa shape index (κ2) is 11.9. The number of piperidine rings is 1. The van der Waals surface area contributed by atoms with Gasteiger partial charge in [0.2, 0.25) is 5.90 Å². The molecular formula is C23H27F3N4OS. The van der Waals surface area contributed by atoms with Crippen LogP contribution in [0.5, 0.6) is 0 Å². The SMILES string of the molecule is C=N/N=C(\OCC(F)F)c1ccc(CN(SC2CCN(C)CC2)c2ccccc2)c(F)c1. The van der Waals surface area contributed by atoms with Crippen molar-refractivity contribution in [3.63, 3.8) is 0 Å². The highest BCUT2D eigenvalue weighted by molar-refractivity contribution is 8.01. The minimum Gasteiger partial charge on any atom is -0.470 e. The maximum Gasteiger partial charge on any atom is 0.272 e. The Bertz CT molecular complexity index is 905. The normalized spacial score (nSPS) is 15.7. The van der Waals surface area contributed by atoms with Gasteiger partial charge in [0, 0.05) is 28.8 Å². The van der Waals surface area contributed by atoms with Crippen LogP contribution in [-0.4, -0.2) is 55.9 Å². The zero-order valence-electron chi connectivity index (χ0n) is 18.0. The molecule has 5 nitrogen and oxygen atoms in total. The van der Waals surface area contributed by atoms with E-state index in [2.05, 4.69) is 33.2 Å². The molecule has 0 N–H and O–H groups in total. The summed E-state index contributed by atoms with van der Waals surface area (Å²) >= 11 is 1.74. The van der Waals surface area contributed by atoms with E-state index >= 15 is 4.39 Å². The number of alkyl halides is 2. The molecule has 0 bridgehead atoms. The summed E-state index contributed by atoms with van der Waals surface area (Å²) in [7, 11) is 2.12. The fourth-order valence-electron chi connectivity index (χ4n) is 3.39. The van der Waals surface area contributed by atoms with Gasteiger partial charge in [-0.2, -0.15) is 5.10 Å². The van der Waals surface area contributed by atoms with Crippen LogP contribution in [0.2, 0.25) is 0 Å². The topological polar surface area (TPSA) is 40.4 Å². The number of likely N-dealkylation sites (tertiary alicyclic amines) is 1. The van der Waals surface area contributed by atoms with Gasteiger partial charge >= 0.3 is 0 Å². The highest BCUT2D eigenvalue weighted by Crippen LogP contribution is 2.32. The van der Waals surface area contributed by atoms with E-state index in [1.165, 1.54) is 6.07 Å². The highest BCUT2D eigenvalue weighted by atomic mass is 32.2. The molecule has 1 fully saturated rings. The van der Waals surface area contributed by atoms with Gasteiger partial charge in [-0.15, -0.1) is 5.10 Å². The van der Waals surface area contributed by atoms with E-state index in [-0.39, 0.29) is 11.5 Å². The largest absolute Gasteiger partial charge is 0.470 e. The lowest BCUT2D eigenvalue weighted by Crippen LogP contribution is -2.33. The van der Waals surface area contributed by atoms with E-state index in [1.54, 1.807) is 24.1 Å². The van der Waals surface area contributed by atoms with E-state index in [1.807, 2.05) is 30.3 Å². The van der Waals surface area contributed by atoms with Crippen LogP contribution in [0.1, 0.15) is 24.0 Å². The Morgan fingerprint density at radius 3 is 2.56 bits per heavy atom. The van der Waals surface area contributed by atoms with Gasteiger partial charge in [-0.25, -0.2) is 13.2 Å². The van der Waals surface area contributed by atoms with Crippen LogP contribution in [0.25, 0.3) is 0 Å². The quantitative estimate of drug-likeness (QED) is 0.221. The predicted molar refractivity (Wildman–Crippen MR) is 125 cm³/mol. The van der Waals surface area contributed by atoms with Crippen molar-refractivity contribution in [2.45, 2.75) is 31.1 Å². The first kappa shape index (κ1) is 24.1. The molecule has 0 radical (unpaired) electrons. The van der Waals surface area contributed by atoms with Crippen molar-refractivity contribution in [3.05, 3.63) is 65.5 Å². The van der Waals surface area contributed by atoms with E-state index < -0.39 is 18.8 Å². The number of para-hydroxylation sites is 1. The van der Waals surface area contributed by atoms with Gasteiger partial charge in [-0.3, -0.25) is 0 Å². The average Bonchev–Trinajstić information content (AvgIpc) is 2.79. The zero-order valence-corrected chi connectivity index (χ0v) is 18.8. The van der Waals surface area contributed by atoms with E-state index in [4.69, 9.17) is 4.74 Å². The number of nitrogens with zero attached hydrogens (tertiary/aromatic N) is 4. The smallest absolute Gasteiger partial charge is 0.272 e. The Kier molecular flexibility index (Phi) is 8.99. The first-order valence-electron chi connectivity index (χ1n) is 10.4. The number of benzene rings is 2. The Labute approximate surface area is 191 Å². The summed E-state index contributed by atoms with van der Waals surface area (Å²) in [5.74, 6) is -0.656. The van der Waals surface area contributed by atoms with Crippen molar-refractivity contribution >= 4 is 30.3 Å². The molecule has 0 amide bonds. The lowest BCUT2D eigenvalue weighted by molar-refractivity contribution is 0.0765. The zero-order chi connectivity index (χ0) is 22.9. The summed E-state index contributed by atoms with van der Waals surface area (Å²) in [5.41, 5.74) is 1.71. The maximum absolute atomic E-state index is 15.0. The summed E-state index contributed by atoms with van der Waals surface area (Å²) in [4.78, 5) is 2.32. The molecular weight excluding hydrogens is 437 g/mol. The van der Waals surface area contributed by atoms with E-state index in [9.17, 15) is 8.78 Å². The molecule has 1 heterocycles. The van der Waals surface area contributed by atoms with Gasteiger partial charge in [0.25, 0.3) is 6.43 Å². The van der Waals surface area contributed by atoms with Crippen molar-refractivity contribution in [1.82, 2.24) is 4.90 Å². The highest BCUT2D eigenvalue weighted by Gasteiger charge is 2.22. The van der Waals surface area contributed by atoms with Crippen LogP contribution in [0.4, 0.5) is 18.9 Å². The van der Waals surface area contributed by atoms with Crippen molar-refractivity contribution in [3.8, 4) is 0 Å². The van der Waals surface area contributed by atoms with Crippen molar-refractivity contribution in [1.29, 1.82) is 0 Å². The first-order valence-corrected chi connectivity index (χ1v) is 11.2. The lowest BCUT2D eigenvalue weighted by Gasteiger charge is -2.33. The van der Waals surface area contributed by atoms with Gasteiger partial charge in [0.1, 0.15) is 5.82 Å². The summed E-state index contributed by atoms with van der Waals surface area (Å²) in [6.45, 7) is 4.81. The third kappa shape index (κ3) is 7.00. The standard InChI is InChI=1S/C23H27F3N4OS/c1-27-28-23(31-16-22(25)26)17-8-9-18(21(24)14-17)15-30(19-6-4-3-5-7-19)32-20-10-12-29(2)13-11-20/h3-9,14,20,22H,1,10-13,15-16H2,2H3/b28-23-. The molecule has 1 aliphatic heterocycles. The molecule has 9 heteroatoms. The van der Waals surface area contributed by atoms with Crippen molar-refractivity contribution in [2.24, 2.45) is 10.2 Å². The van der Waals surface area contributed by atoms with Crippen LogP contribution >= 0.6 is 11.9 Å². The number of hydrogen-bond donors (Lipinski definition) is 0. The van der Waals surface area contributed by atoms with Gasteiger partial charge in [0.05, 0.1) is 6.54 Å². The summed E-state index contributed by atoms with van der Waals surface area (Å²) in [6.07, 6.45) is -0.533. The fourth-order valence-corrected chi connectivity index (χ4v) is 4.63. The van der Waals surface area contributed by atoms with Crippen LogP contribution in [0.15, 0.2) is 58.7 Å². The molecule has 0 atom stereocenters. The molecule has 3 rings (SSSR count). The van der Waals surface area contributed by atoms with Gasteiger partial charge in [-0.05, 0) is 69.2 Å². The number of ether oxygens (including phenoxy) is 1. The van der Waals surface area contributed by atoms with Crippen molar-refractivity contribution in [2.75, 3.05) is 31.0 Å². The monoisotopic (exact) mass is 464 g/mol. The van der Waals surface area contributed by atoms with Gasteiger partial charge in [-0.1, -0.05) is 24.3 Å². The molecule has 1 aliphatic rings. The minimum absolute atomic E-state index is 0.189. The Morgan fingerprint density at radius 1 is 1.22 bits per heavy atom. The van der Waals surface area contributed by atoms with Crippen LogP contribution < -0.4 is 4.31 Å². The number of rotatable bonds is 9. The second-order valence-corrected chi connectivity index (χ2v) is 8.85. The van der Waals surface area contributed by atoms with Gasteiger partial charge in [0.15, 0.2) is 6.61 Å². The Balaban J connectivity index is 1.78. The first-order chi connectivity index (χ1) is 15.5. The minimum atomic E-state index is -2.68. The molecule has 0 unspecified atom stereocenters. The molecule has 0 aromatic heterocycles. The van der Waals surface area contributed by atoms with Crippen molar-refractivity contribution < 1.29 is 17.9 Å². The molecule has 0 aliphatic carbocycles. The van der Waals surface area contributed by atoms with E-state index in [0.717, 1.165) is 31.6 Å². The third-order valence-corrected chi connectivity index (χ3v) is 6.47. The molecule has 32 heavy (non-hydrogen) atoms. The Morgan fingerprint density at radius 2 is 1.94 bits per heavy atom. The number of halogens is 3. The predicted octanol–water partition coefficient (Wildman–Crippen LogP) is 5.22. The maximum atomic E-state index is 15.0. The summed E-state index contributed by atoms with van der Waals surface area (Å²) in [6, 6.07) is 14.3. The van der Waals surface area contributed by atoms with Crippen LogP contribution in [0.3, 0.4) is 0 Å². The molecule has 2 aromatic carbocycles. The Hall–Kier alpha value is -2.52. The second-order valence-electron chi connectivity index (χ2n) is 7.54. The average molecular weight is 465 g/mol. The van der Waals surface area contributed by atoms with E-state index in [0.29, 0.717) is 17.4 Å². The summed E-state index contributed by atoms with van der Waals surface area (Å²) < 4.78 is 47.1. The number of anilines is 1. The molecule has 2 aromatic rings. The van der Waals surface area contributed by atoms with Crippen LogP contribution in [-0.2, 0) is 11.3 Å². The molecule has 1 saturated heterocycles. The number of hydrogen-bond acceptors (Lipinski definition) is 6. The molecule has 172 valence electrons. The fraction of sp³-hybridized carbons (Fsp3) is 0.391. The third-order valence-electron chi connectivity index (χ3n) is 5.11. The van der Waals surface area contributed by atoms with Crippen LogP contribution in [0, 0.1) is 5.82 Å². The van der Waals surface area contributed by atoms with Gasteiger partial charge < -0.3 is 13.9 Å².